The van der Waals surface area contributed by atoms with Crippen molar-refractivity contribution in [3.8, 4) is 5.75 Å². The summed E-state index contributed by atoms with van der Waals surface area (Å²) in [5.74, 6) is -2.27. The number of likely N-dealkylation sites (N-methyl/N-ethyl adjacent to an activating group) is 1. The van der Waals surface area contributed by atoms with Crippen LogP contribution in [0.2, 0.25) is 0 Å². The standard InChI is InChI=1S/C17H23NO.C4H6O6/c1-18-9-8-17-7-3-2-4-14(17)16(18)10-12-5-6-13(19)11-15(12)17;5-1(3(7)8)2(6)4(9)10/h5-6,11,14,16,19H,2-4,7-10H2,1H3;1-2,5-6H,(H,7,8)(H,9,10)/t14-,16+,17+;1-,2?/m11/s1. The number of hydrogen-bond acceptors (Lipinski definition) is 6. The lowest BCUT2D eigenvalue weighted by Gasteiger charge is -2.58. The molecule has 0 amide bonds. The van der Waals surface area contributed by atoms with E-state index in [-0.39, 0.29) is 0 Å². The second-order valence-corrected chi connectivity index (χ2v) is 8.42. The number of carbonyl (C=O) groups is 2. The topological polar surface area (TPSA) is 139 Å². The minimum Gasteiger partial charge on any atom is -0.508 e. The lowest BCUT2D eigenvalue weighted by molar-refractivity contribution is -0.165. The molecule has 1 heterocycles. The Hall–Kier alpha value is -2.16. The first-order valence-electron chi connectivity index (χ1n) is 10.0. The monoisotopic (exact) mass is 407 g/mol. The molecule has 2 fully saturated rings. The maximum Gasteiger partial charge on any atom is 0.335 e. The molecule has 29 heavy (non-hydrogen) atoms. The zero-order chi connectivity index (χ0) is 21.3. The summed E-state index contributed by atoms with van der Waals surface area (Å²) in [6.07, 6.45) is 3.39. The molecule has 1 aromatic rings. The van der Waals surface area contributed by atoms with Gasteiger partial charge in [-0.2, -0.15) is 0 Å². The summed E-state index contributed by atoms with van der Waals surface area (Å²) < 4.78 is 0. The predicted octanol–water partition coefficient (Wildman–Crippen LogP) is 0.958. The molecule has 1 saturated heterocycles. The van der Waals surface area contributed by atoms with Crippen molar-refractivity contribution < 1.29 is 35.1 Å². The Morgan fingerprint density at radius 1 is 1.10 bits per heavy atom. The van der Waals surface area contributed by atoms with Crippen LogP contribution in [0, 0.1) is 5.92 Å². The minimum absolute atomic E-state index is 0.377. The van der Waals surface area contributed by atoms with E-state index in [0.717, 1.165) is 12.0 Å². The summed E-state index contributed by atoms with van der Waals surface area (Å²) in [5, 5.41) is 42.4. The van der Waals surface area contributed by atoms with Gasteiger partial charge in [0.1, 0.15) is 5.75 Å². The van der Waals surface area contributed by atoms with E-state index in [1.54, 1.807) is 0 Å². The highest BCUT2D eigenvalue weighted by atomic mass is 16.4. The largest absolute Gasteiger partial charge is 0.508 e. The number of aliphatic carboxylic acids is 2. The summed E-state index contributed by atoms with van der Waals surface area (Å²) in [6, 6.07) is 6.85. The molecule has 8 nitrogen and oxygen atoms in total. The molecule has 3 aliphatic rings. The van der Waals surface area contributed by atoms with Crippen LogP contribution in [-0.2, 0) is 21.4 Å². The molecular weight excluding hydrogens is 378 g/mol. The second kappa shape index (κ2) is 8.30. The van der Waals surface area contributed by atoms with Gasteiger partial charge in [-0.05, 0) is 68.5 Å². The average molecular weight is 407 g/mol. The summed E-state index contributed by atoms with van der Waals surface area (Å²) in [6.45, 7) is 1.22. The Balaban J connectivity index is 0.000000207. The van der Waals surface area contributed by atoms with Gasteiger partial charge in [-0.25, -0.2) is 9.59 Å². The predicted molar refractivity (Wildman–Crippen MR) is 104 cm³/mol. The van der Waals surface area contributed by atoms with E-state index in [9.17, 15) is 14.7 Å². The van der Waals surface area contributed by atoms with Crippen molar-refractivity contribution in [1.29, 1.82) is 0 Å². The van der Waals surface area contributed by atoms with Crippen molar-refractivity contribution in [2.24, 2.45) is 5.92 Å². The quantitative estimate of drug-likeness (QED) is 0.499. The van der Waals surface area contributed by atoms with Crippen LogP contribution >= 0.6 is 0 Å². The van der Waals surface area contributed by atoms with Crippen LogP contribution in [-0.4, -0.2) is 74.2 Å². The van der Waals surface area contributed by atoms with Crippen molar-refractivity contribution in [2.45, 2.75) is 62.2 Å². The van der Waals surface area contributed by atoms with Crippen LogP contribution in [0.25, 0.3) is 0 Å². The number of benzene rings is 1. The molecule has 0 radical (unpaired) electrons. The number of rotatable bonds is 3. The number of aliphatic hydroxyl groups excluding tert-OH is 2. The third kappa shape index (κ3) is 3.97. The minimum atomic E-state index is -2.27. The molecule has 8 heteroatoms. The van der Waals surface area contributed by atoms with Gasteiger partial charge in [0.25, 0.3) is 0 Å². The van der Waals surface area contributed by atoms with Gasteiger partial charge in [0.15, 0.2) is 12.2 Å². The number of nitrogens with zero attached hydrogens (tertiary/aromatic N) is 1. The lowest BCUT2D eigenvalue weighted by Crippen LogP contribution is -2.59. The van der Waals surface area contributed by atoms with Crippen molar-refractivity contribution in [3.63, 3.8) is 0 Å². The first-order valence-corrected chi connectivity index (χ1v) is 10.0. The maximum atomic E-state index is 9.91. The van der Waals surface area contributed by atoms with Gasteiger partial charge in [0.2, 0.25) is 0 Å². The van der Waals surface area contributed by atoms with Crippen LogP contribution in [0.1, 0.15) is 43.2 Å². The number of aromatic hydroxyl groups is 1. The molecule has 1 unspecified atom stereocenters. The molecule has 0 spiro atoms. The van der Waals surface area contributed by atoms with Gasteiger partial charge in [-0.1, -0.05) is 18.9 Å². The molecule has 5 atom stereocenters. The molecule has 160 valence electrons. The van der Waals surface area contributed by atoms with E-state index in [0.29, 0.717) is 11.2 Å². The molecule has 1 saturated carbocycles. The van der Waals surface area contributed by atoms with Crippen molar-refractivity contribution >= 4 is 11.9 Å². The fourth-order valence-corrected chi connectivity index (χ4v) is 5.45. The fraction of sp³-hybridized carbons (Fsp3) is 0.619. The number of piperidine rings is 1. The number of fused-ring (bicyclic) bond motifs is 1. The normalized spacial score (nSPS) is 30.0. The third-order valence-electron chi connectivity index (χ3n) is 6.90. The van der Waals surface area contributed by atoms with E-state index in [4.69, 9.17) is 20.4 Å². The number of carboxylic acid groups (broad SMARTS) is 2. The van der Waals surface area contributed by atoms with Crippen molar-refractivity contribution in [1.82, 2.24) is 4.90 Å². The summed E-state index contributed by atoms with van der Waals surface area (Å²) in [5.41, 5.74) is 3.36. The zero-order valence-corrected chi connectivity index (χ0v) is 16.5. The summed E-state index contributed by atoms with van der Waals surface area (Å²) in [4.78, 5) is 22.1. The first-order chi connectivity index (χ1) is 13.7. The SMILES string of the molecule is CN1CC[C@@]23CCCC[C@@H]2[C@@H]1Cc1ccc(O)cc13.O=C(O)C(O)[C@@H](O)C(=O)O. The number of carboxylic acids is 2. The molecule has 5 N–H and O–H groups in total. The van der Waals surface area contributed by atoms with Crippen LogP contribution in [0.15, 0.2) is 18.2 Å². The van der Waals surface area contributed by atoms with E-state index < -0.39 is 24.1 Å². The molecule has 1 aliphatic heterocycles. The van der Waals surface area contributed by atoms with E-state index >= 15 is 0 Å². The molecule has 4 rings (SSSR count). The van der Waals surface area contributed by atoms with Crippen LogP contribution in [0.5, 0.6) is 5.75 Å². The van der Waals surface area contributed by atoms with Crippen molar-refractivity contribution in [2.75, 3.05) is 13.6 Å². The smallest absolute Gasteiger partial charge is 0.335 e. The Bertz CT molecular complexity index is 764. The Morgan fingerprint density at radius 3 is 2.38 bits per heavy atom. The first kappa shape index (κ1) is 21.5. The van der Waals surface area contributed by atoms with Gasteiger partial charge in [0.05, 0.1) is 0 Å². The number of phenols is 1. The van der Waals surface area contributed by atoms with Gasteiger partial charge in [0, 0.05) is 11.5 Å². The van der Waals surface area contributed by atoms with Gasteiger partial charge in [-0.3, -0.25) is 0 Å². The Morgan fingerprint density at radius 2 is 1.76 bits per heavy atom. The Kier molecular flexibility index (Phi) is 6.16. The molecular formula is C21H29NO7. The second-order valence-electron chi connectivity index (χ2n) is 8.42. The highest BCUT2D eigenvalue weighted by Gasteiger charge is 2.53. The van der Waals surface area contributed by atoms with Crippen LogP contribution in [0.3, 0.4) is 0 Å². The summed E-state index contributed by atoms with van der Waals surface area (Å²) in [7, 11) is 2.30. The molecule has 2 bridgehead atoms. The number of hydrogen-bond donors (Lipinski definition) is 5. The van der Waals surface area contributed by atoms with E-state index in [2.05, 4.69) is 24.1 Å². The number of aliphatic hydroxyl groups is 2. The summed E-state index contributed by atoms with van der Waals surface area (Å²) >= 11 is 0. The van der Waals surface area contributed by atoms with Crippen LogP contribution < -0.4 is 0 Å². The lowest BCUT2D eigenvalue weighted by atomic mass is 9.52. The fourth-order valence-electron chi connectivity index (χ4n) is 5.45. The molecule has 2 aliphatic carbocycles. The maximum absolute atomic E-state index is 9.91. The zero-order valence-electron chi connectivity index (χ0n) is 16.5. The number of phenolic OH excluding ortho intramolecular Hbond substituents is 1. The molecule has 1 aromatic carbocycles. The van der Waals surface area contributed by atoms with Crippen LogP contribution in [0.4, 0.5) is 0 Å². The van der Waals surface area contributed by atoms with Gasteiger partial charge >= 0.3 is 11.9 Å². The van der Waals surface area contributed by atoms with Crippen molar-refractivity contribution in [3.05, 3.63) is 29.3 Å². The van der Waals surface area contributed by atoms with Gasteiger partial charge < -0.3 is 30.4 Å². The van der Waals surface area contributed by atoms with Gasteiger partial charge in [-0.15, -0.1) is 0 Å². The average Bonchev–Trinajstić information content (AvgIpc) is 2.70. The van der Waals surface area contributed by atoms with E-state index in [1.165, 1.54) is 56.2 Å². The van der Waals surface area contributed by atoms with E-state index in [1.807, 2.05) is 6.07 Å². The number of likely N-dealkylation sites (tertiary alicyclic amines) is 1. The Labute approximate surface area is 169 Å². The highest BCUT2D eigenvalue weighted by molar-refractivity contribution is 5.83. The molecule has 0 aromatic heterocycles. The third-order valence-corrected chi connectivity index (χ3v) is 6.90. The highest BCUT2D eigenvalue weighted by Crippen LogP contribution is 2.55.